The molecule has 0 saturated carbocycles. The molecule has 1 heterocycles. The lowest BCUT2D eigenvalue weighted by Crippen LogP contribution is -2.51. The highest BCUT2D eigenvalue weighted by Crippen LogP contribution is 2.11. The zero-order chi connectivity index (χ0) is 17.4. The molecule has 2 amide bonds. The Labute approximate surface area is 160 Å². The van der Waals surface area contributed by atoms with Crippen LogP contribution >= 0.6 is 24.2 Å². The van der Waals surface area contributed by atoms with E-state index in [1.165, 1.54) is 0 Å². The van der Waals surface area contributed by atoms with Gasteiger partial charge in [-0.05, 0) is 37.0 Å². The normalized spacial score (nSPS) is 17.4. The van der Waals surface area contributed by atoms with Crippen LogP contribution in [0.15, 0.2) is 30.3 Å². The maximum absolute atomic E-state index is 12.8. The molecule has 0 radical (unpaired) electrons. The van der Waals surface area contributed by atoms with E-state index in [1.54, 1.807) is 16.7 Å². The Morgan fingerprint density at radius 1 is 1.36 bits per heavy atom. The minimum Gasteiger partial charge on any atom is -0.344 e. The summed E-state index contributed by atoms with van der Waals surface area (Å²) in [6.07, 6.45) is 3.94. The minimum atomic E-state index is -0.445. The van der Waals surface area contributed by atoms with E-state index in [2.05, 4.69) is 10.6 Å². The molecule has 0 aliphatic carbocycles. The second kappa shape index (κ2) is 11.4. The van der Waals surface area contributed by atoms with Gasteiger partial charge in [-0.2, -0.15) is 11.8 Å². The number of rotatable bonds is 8. The van der Waals surface area contributed by atoms with Gasteiger partial charge in [0.15, 0.2) is 0 Å². The molecular weight excluding hydrogens is 358 g/mol. The second-order valence-corrected chi connectivity index (χ2v) is 7.15. The van der Waals surface area contributed by atoms with Crippen molar-refractivity contribution in [3.05, 3.63) is 35.9 Å². The van der Waals surface area contributed by atoms with E-state index >= 15 is 0 Å². The van der Waals surface area contributed by atoms with E-state index in [0.29, 0.717) is 12.8 Å². The van der Waals surface area contributed by atoms with Gasteiger partial charge in [0, 0.05) is 19.6 Å². The smallest absolute Gasteiger partial charge is 0.245 e. The summed E-state index contributed by atoms with van der Waals surface area (Å²) in [5.74, 6) is 0.761. The van der Waals surface area contributed by atoms with Gasteiger partial charge in [-0.3, -0.25) is 9.59 Å². The van der Waals surface area contributed by atoms with Gasteiger partial charge in [0.2, 0.25) is 11.8 Å². The molecule has 1 aliphatic rings. The van der Waals surface area contributed by atoms with Crippen LogP contribution in [0.4, 0.5) is 0 Å². The topological polar surface area (TPSA) is 61.4 Å². The highest BCUT2D eigenvalue weighted by atomic mass is 35.5. The van der Waals surface area contributed by atoms with Crippen LogP contribution in [0.2, 0.25) is 0 Å². The maximum Gasteiger partial charge on any atom is 0.245 e. The third-order valence-electron chi connectivity index (χ3n) is 4.38. The first-order chi connectivity index (χ1) is 11.6. The molecule has 5 nitrogen and oxygen atoms in total. The molecule has 25 heavy (non-hydrogen) atoms. The number of nitrogens with one attached hydrogen (secondary N) is 2. The minimum absolute atomic E-state index is 0. The van der Waals surface area contributed by atoms with E-state index in [9.17, 15) is 9.59 Å². The van der Waals surface area contributed by atoms with Gasteiger partial charge in [-0.1, -0.05) is 30.3 Å². The van der Waals surface area contributed by atoms with Crippen molar-refractivity contribution in [2.75, 3.05) is 32.1 Å². The van der Waals surface area contributed by atoms with E-state index < -0.39 is 6.04 Å². The zero-order valence-electron chi connectivity index (χ0n) is 14.9. The molecule has 2 rings (SSSR count). The summed E-state index contributed by atoms with van der Waals surface area (Å²) >= 11 is 1.69. The van der Waals surface area contributed by atoms with E-state index in [4.69, 9.17) is 0 Å². The highest BCUT2D eigenvalue weighted by Gasteiger charge is 2.29. The molecular formula is C18H28ClN3O2S. The molecule has 2 unspecified atom stereocenters. The summed E-state index contributed by atoms with van der Waals surface area (Å²) in [6.45, 7) is 1.77. The largest absolute Gasteiger partial charge is 0.344 e. The summed E-state index contributed by atoms with van der Waals surface area (Å²) in [5.41, 5.74) is 0.958. The molecule has 1 aromatic carbocycles. The zero-order valence-corrected chi connectivity index (χ0v) is 16.5. The van der Waals surface area contributed by atoms with Crippen molar-refractivity contribution < 1.29 is 9.59 Å². The second-order valence-electron chi connectivity index (χ2n) is 6.16. The van der Waals surface area contributed by atoms with Gasteiger partial charge in [0.05, 0.1) is 6.42 Å². The number of amides is 2. The summed E-state index contributed by atoms with van der Waals surface area (Å²) in [6, 6.07) is 9.39. The Hall–Kier alpha value is -1.24. The van der Waals surface area contributed by atoms with Crippen molar-refractivity contribution in [3.63, 3.8) is 0 Å². The fraction of sp³-hybridized carbons (Fsp3) is 0.556. The van der Waals surface area contributed by atoms with Crippen molar-refractivity contribution in [3.8, 4) is 0 Å². The monoisotopic (exact) mass is 385 g/mol. The fourth-order valence-electron chi connectivity index (χ4n) is 2.92. The summed E-state index contributed by atoms with van der Waals surface area (Å²) < 4.78 is 0. The van der Waals surface area contributed by atoms with E-state index in [0.717, 1.165) is 30.8 Å². The van der Waals surface area contributed by atoms with Gasteiger partial charge < -0.3 is 15.5 Å². The van der Waals surface area contributed by atoms with Crippen LogP contribution in [0.5, 0.6) is 0 Å². The van der Waals surface area contributed by atoms with Crippen molar-refractivity contribution in [1.29, 1.82) is 0 Å². The molecule has 1 aromatic rings. The number of nitrogens with zero attached hydrogens (tertiary/aromatic N) is 1. The lowest BCUT2D eigenvalue weighted by molar-refractivity contribution is -0.136. The lowest BCUT2D eigenvalue weighted by Gasteiger charge is -2.29. The van der Waals surface area contributed by atoms with Gasteiger partial charge in [0.25, 0.3) is 0 Å². The number of likely N-dealkylation sites (N-methyl/N-ethyl adjacent to an activating group) is 1. The number of carbonyl (C=O) groups excluding carboxylic acids is 2. The van der Waals surface area contributed by atoms with Gasteiger partial charge in [0.1, 0.15) is 6.04 Å². The van der Waals surface area contributed by atoms with Crippen molar-refractivity contribution in [1.82, 2.24) is 15.5 Å². The van der Waals surface area contributed by atoms with Gasteiger partial charge in [-0.25, -0.2) is 0 Å². The quantitative estimate of drug-likeness (QED) is 0.715. The van der Waals surface area contributed by atoms with E-state index in [-0.39, 0.29) is 30.3 Å². The van der Waals surface area contributed by atoms with Crippen LogP contribution in [-0.2, 0) is 16.0 Å². The van der Waals surface area contributed by atoms with Crippen molar-refractivity contribution in [2.24, 2.45) is 0 Å². The predicted molar refractivity (Wildman–Crippen MR) is 106 cm³/mol. The average molecular weight is 386 g/mol. The maximum atomic E-state index is 12.8. The standard InChI is InChI=1S/C18H27N3O2S.ClH/c1-21(15-8-10-19-13-15)18(23)16(9-11-24-2)20-17(22)12-14-6-4-3-5-7-14;/h3-7,15-16,19H,8-13H2,1-2H3,(H,20,22);1H. The number of thioether (sulfide) groups is 1. The molecule has 0 spiro atoms. The number of carbonyl (C=O) groups is 2. The third-order valence-corrected chi connectivity index (χ3v) is 5.03. The third kappa shape index (κ3) is 6.88. The summed E-state index contributed by atoms with van der Waals surface area (Å²) in [7, 11) is 1.84. The Morgan fingerprint density at radius 2 is 2.08 bits per heavy atom. The first kappa shape index (κ1) is 21.8. The molecule has 1 fully saturated rings. The molecule has 7 heteroatoms. The SMILES string of the molecule is CSCCC(NC(=O)Cc1ccccc1)C(=O)N(C)C1CCNC1.Cl. The fourth-order valence-corrected chi connectivity index (χ4v) is 3.39. The van der Waals surface area contributed by atoms with Crippen molar-refractivity contribution >= 4 is 36.0 Å². The first-order valence-corrected chi connectivity index (χ1v) is 9.81. The molecule has 2 N–H and O–H groups in total. The molecule has 1 aliphatic heterocycles. The van der Waals surface area contributed by atoms with Gasteiger partial charge >= 0.3 is 0 Å². The van der Waals surface area contributed by atoms with Crippen LogP contribution in [-0.4, -0.2) is 60.9 Å². The lowest BCUT2D eigenvalue weighted by atomic mass is 10.1. The van der Waals surface area contributed by atoms with Gasteiger partial charge in [-0.15, -0.1) is 12.4 Å². The van der Waals surface area contributed by atoms with E-state index in [1.807, 2.05) is 43.6 Å². The van der Waals surface area contributed by atoms with Crippen LogP contribution < -0.4 is 10.6 Å². The number of hydrogen-bond acceptors (Lipinski definition) is 4. The molecule has 1 saturated heterocycles. The molecule has 140 valence electrons. The first-order valence-electron chi connectivity index (χ1n) is 8.41. The number of hydrogen-bond donors (Lipinski definition) is 2. The Kier molecular flexibility index (Phi) is 9.93. The Morgan fingerprint density at radius 3 is 2.68 bits per heavy atom. The highest BCUT2D eigenvalue weighted by molar-refractivity contribution is 7.98. The molecule has 0 bridgehead atoms. The number of halogens is 1. The van der Waals surface area contributed by atoms with Crippen LogP contribution in [0, 0.1) is 0 Å². The summed E-state index contributed by atoms with van der Waals surface area (Å²) in [4.78, 5) is 26.9. The van der Waals surface area contributed by atoms with Crippen molar-refractivity contribution in [2.45, 2.75) is 31.3 Å². The number of benzene rings is 1. The summed E-state index contributed by atoms with van der Waals surface area (Å²) in [5, 5.41) is 6.22. The average Bonchev–Trinajstić information content (AvgIpc) is 3.12. The van der Waals surface area contributed by atoms with Crippen LogP contribution in [0.25, 0.3) is 0 Å². The molecule has 2 atom stereocenters. The van der Waals surface area contributed by atoms with Crippen LogP contribution in [0.1, 0.15) is 18.4 Å². The molecule has 0 aromatic heterocycles. The Bertz CT molecular complexity index is 538. The predicted octanol–water partition coefficient (Wildman–Crippen LogP) is 1.71. The Balaban J connectivity index is 0.00000312. The van der Waals surface area contributed by atoms with Crippen LogP contribution in [0.3, 0.4) is 0 Å².